The lowest BCUT2D eigenvalue weighted by molar-refractivity contribution is 0.460. The lowest BCUT2D eigenvalue weighted by Gasteiger charge is -2.35. The summed E-state index contributed by atoms with van der Waals surface area (Å²) < 4.78 is 14.0. The number of benzene rings is 1. The summed E-state index contributed by atoms with van der Waals surface area (Å²) in [7, 11) is 0. The van der Waals surface area contributed by atoms with Crippen LogP contribution in [-0.4, -0.2) is 18.8 Å². The van der Waals surface area contributed by atoms with Gasteiger partial charge in [-0.25, -0.2) is 4.39 Å². The Balaban J connectivity index is 2.00. The molecule has 3 aliphatic rings. The third-order valence-corrected chi connectivity index (χ3v) is 4.84. The van der Waals surface area contributed by atoms with Gasteiger partial charge in [0.15, 0.2) is 0 Å². The number of halogens is 1. The van der Waals surface area contributed by atoms with Crippen molar-refractivity contribution in [1.29, 1.82) is 0 Å². The van der Waals surface area contributed by atoms with E-state index in [1.807, 2.05) is 6.92 Å². The maximum Gasteiger partial charge on any atom is 0.128 e. The van der Waals surface area contributed by atoms with Gasteiger partial charge in [0.25, 0.3) is 0 Å². The van der Waals surface area contributed by atoms with Crippen LogP contribution in [0.5, 0.6) is 0 Å². The summed E-state index contributed by atoms with van der Waals surface area (Å²) in [5.74, 6) is 1.05. The van der Waals surface area contributed by atoms with Gasteiger partial charge >= 0.3 is 0 Å². The first-order chi connectivity index (χ1) is 8.75. The minimum atomic E-state index is -0.0850. The number of hydrogen-bond donors (Lipinski definition) is 1. The molecule has 0 aromatic heterocycles. The van der Waals surface area contributed by atoms with E-state index in [2.05, 4.69) is 5.32 Å². The molecule has 2 atom stereocenters. The van der Waals surface area contributed by atoms with Crippen molar-refractivity contribution >= 4 is 11.4 Å². The summed E-state index contributed by atoms with van der Waals surface area (Å²) in [5, 5.41) is 3.41. The summed E-state index contributed by atoms with van der Waals surface area (Å²) in [5.41, 5.74) is 5.60. The van der Waals surface area contributed by atoms with Crippen molar-refractivity contribution in [2.75, 3.05) is 13.1 Å². The second kappa shape index (κ2) is 3.64. The third-order valence-electron chi connectivity index (χ3n) is 4.84. The van der Waals surface area contributed by atoms with Crippen molar-refractivity contribution in [2.45, 2.75) is 32.1 Å². The summed E-state index contributed by atoms with van der Waals surface area (Å²) in [6, 6.07) is 1.65. The van der Waals surface area contributed by atoms with Crippen molar-refractivity contribution < 1.29 is 4.39 Å². The Morgan fingerprint density at radius 3 is 3.17 bits per heavy atom. The zero-order valence-electron chi connectivity index (χ0n) is 10.6. The normalized spacial score (nSPS) is 28.7. The van der Waals surface area contributed by atoms with E-state index in [9.17, 15) is 4.39 Å². The highest BCUT2D eigenvalue weighted by Crippen LogP contribution is 2.48. The summed E-state index contributed by atoms with van der Waals surface area (Å²) in [6.45, 7) is 3.84. The van der Waals surface area contributed by atoms with E-state index in [0.29, 0.717) is 11.8 Å². The monoisotopic (exact) mass is 244 g/mol. The molecule has 1 aromatic rings. The Morgan fingerprint density at radius 2 is 2.28 bits per heavy atom. The van der Waals surface area contributed by atoms with E-state index in [0.717, 1.165) is 30.8 Å². The lowest BCUT2D eigenvalue weighted by Crippen LogP contribution is -2.28. The van der Waals surface area contributed by atoms with E-state index in [4.69, 9.17) is 4.99 Å². The summed E-state index contributed by atoms with van der Waals surface area (Å²) in [6.07, 6.45) is 3.44. The van der Waals surface area contributed by atoms with Crippen LogP contribution in [0.25, 0.3) is 0 Å². The number of nitrogens with zero attached hydrogens (tertiary/aromatic N) is 1. The zero-order chi connectivity index (χ0) is 12.3. The van der Waals surface area contributed by atoms with Gasteiger partial charge in [0, 0.05) is 30.8 Å². The van der Waals surface area contributed by atoms with Crippen LogP contribution in [0, 0.1) is 18.7 Å². The number of nitrogens with one attached hydrogen (secondary N) is 1. The van der Waals surface area contributed by atoms with Gasteiger partial charge < -0.3 is 5.32 Å². The predicted molar refractivity (Wildman–Crippen MR) is 70.3 cm³/mol. The van der Waals surface area contributed by atoms with Gasteiger partial charge in [-0.15, -0.1) is 0 Å². The first kappa shape index (κ1) is 10.7. The van der Waals surface area contributed by atoms with Crippen LogP contribution in [0.2, 0.25) is 0 Å². The van der Waals surface area contributed by atoms with Crippen LogP contribution in [0.3, 0.4) is 0 Å². The standard InChI is InChI=1S/C15H17FN2/c1-8-9-3-2-4-10-11-6-17-7-14(11)18-13(15(9)10)5-12(8)16/h5,10-11,17H,2-4,6-7H2,1H3. The van der Waals surface area contributed by atoms with Crippen molar-refractivity contribution in [1.82, 2.24) is 5.32 Å². The Kier molecular flexibility index (Phi) is 2.16. The Hall–Kier alpha value is -1.22. The highest BCUT2D eigenvalue weighted by Gasteiger charge is 2.39. The molecular weight excluding hydrogens is 227 g/mol. The molecule has 1 saturated heterocycles. The van der Waals surface area contributed by atoms with Gasteiger partial charge in [-0.1, -0.05) is 0 Å². The van der Waals surface area contributed by atoms with Crippen molar-refractivity contribution in [3.8, 4) is 0 Å². The van der Waals surface area contributed by atoms with E-state index in [1.165, 1.54) is 29.7 Å². The molecule has 0 spiro atoms. The molecule has 0 radical (unpaired) electrons. The summed E-state index contributed by atoms with van der Waals surface area (Å²) in [4.78, 5) is 4.72. The maximum absolute atomic E-state index is 14.0. The summed E-state index contributed by atoms with van der Waals surface area (Å²) >= 11 is 0. The average molecular weight is 244 g/mol. The molecule has 1 aliphatic carbocycles. The van der Waals surface area contributed by atoms with Crippen LogP contribution in [-0.2, 0) is 6.42 Å². The molecule has 0 saturated carbocycles. The van der Waals surface area contributed by atoms with Crippen molar-refractivity contribution in [3.05, 3.63) is 28.6 Å². The molecule has 2 nitrogen and oxygen atoms in total. The van der Waals surface area contributed by atoms with E-state index < -0.39 is 0 Å². The fraction of sp³-hybridized carbons (Fsp3) is 0.533. The maximum atomic E-state index is 14.0. The molecule has 0 bridgehead atoms. The first-order valence-electron chi connectivity index (χ1n) is 6.85. The Bertz CT molecular complexity index is 562. The second-order valence-corrected chi connectivity index (χ2v) is 5.73. The molecule has 2 aliphatic heterocycles. The fourth-order valence-corrected chi connectivity index (χ4v) is 3.94. The molecule has 2 unspecified atom stereocenters. The second-order valence-electron chi connectivity index (χ2n) is 5.73. The van der Waals surface area contributed by atoms with Crippen LogP contribution in [0.1, 0.15) is 35.4 Å². The van der Waals surface area contributed by atoms with Crippen LogP contribution < -0.4 is 5.32 Å². The molecular formula is C15H17FN2. The van der Waals surface area contributed by atoms with Gasteiger partial charge in [-0.2, -0.15) is 0 Å². The molecule has 18 heavy (non-hydrogen) atoms. The number of rotatable bonds is 0. The minimum Gasteiger partial charge on any atom is -0.311 e. The van der Waals surface area contributed by atoms with E-state index >= 15 is 0 Å². The molecule has 4 rings (SSSR count). The molecule has 94 valence electrons. The number of fused-ring (bicyclic) bond motifs is 2. The third kappa shape index (κ3) is 1.28. The van der Waals surface area contributed by atoms with E-state index in [-0.39, 0.29) is 5.82 Å². The number of aliphatic imine (C=N–C) groups is 1. The van der Waals surface area contributed by atoms with Crippen molar-refractivity contribution in [2.24, 2.45) is 10.9 Å². The molecule has 1 fully saturated rings. The van der Waals surface area contributed by atoms with Crippen LogP contribution in [0.4, 0.5) is 10.1 Å². The fourth-order valence-electron chi connectivity index (χ4n) is 3.94. The van der Waals surface area contributed by atoms with Gasteiger partial charge in [0.2, 0.25) is 0 Å². The van der Waals surface area contributed by atoms with Gasteiger partial charge in [0.1, 0.15) is 5.82 Å². The SMILES string of the molecule is Cc1c(F)cc2c3c1CCCC3C1CNCC1=N2. The van der Waals surface area contributed by atoms with Crippen LogP contribution >= 0.6 is 0 Å². The van der Waals surface area contributed by atoms with E-state index in [1.54, 1.807) is 6.07 Å². The van der Waals surface area contributed by atoms with Crippen LogP contribution in [0.15, 0.2) is 11.1 Å². The average Bonchev–Trinajstić information content (AvgIpc) is 2.84. The minimum absolute atomic E-state index is 0.0850. The topological polar surface area (TPSA) is 24.4 Å². The smallest absolute Gasteiger partial charge is 0.128 e. The first-order valence-corrected chi connectivity index (χ1v) is 6.85. The molecule has 0 amide bonds. The largest absolute Gasteiger partial charge is 0.311 e. The zero-order valence-corrected chi connectivity index (χ0v) is 10.6. The van der Waals surface area contributed by atoms with Gasteiger partial charge in [0.05, 0.1) is 5.69 Å². The molecule has 2 heterocycles. The molecule has 3 heteroatoms. The number of hydrogen-bond acceptors (Lipinski definition) is 2. The highest BCUT2D eigenvalue weighted by molar-refractivity contribution is 5.96. The Morgan fingerprint density at radius 1 is 1.39 bits per heavy atom. The van der Waals surface area contributed by atoms with Crippen molar-refractivity contribution in [3.63, 3.8) is 0 Å². The van der Waals surface area contributed by atoms with Gasteiger partial charge in [-0.3, -0.25) is 4.99 Å². The Labute approximate surface area is 106 Å². The van der Waals surface area contributed by atoms with Gasteiger partial charge in [-0.05, 0) is 48.8 Å². The lowest BCUT2D eigenvalue weighted by atomic mass is 9.71. The predicted octanol–water partition coefficient (Wildman–Crippen LogP) is 2.86. The highest BCUT2D eigenvalue weighted by atomic mass is 19.1. The molecule has 1 aromatic carbocycles. The molecule has 1 N–H and O–H groups in total. The quantitative estimate of drug-likeness (QED) is 0.745.